The molecule has 0 spiro atoms. The fourth-order valence-electron chi connectivity index (χ4n) is 3.07. The fourth-order valence-corrected chi connectivity index (χ4v) is 3.07. The number of nitrogens with zero attached hydrogens (tertiary/aromatic N) is 1. The van der Waals surface area contributed by atoms with Gasteiger partial charge < -0.3 is 10.5 Å². The number of hydrogen-bond acceptors (Lipinski definition) is 3. The molecule has 3 nitrogen and oxygen atoms in total. The maximum Gasteiger partial charge on any atom is 0.120 e. The first-order valence-corrected chi connectivity index (χ1v) is 7.54. The van der Waals surface area contributed by atoms with Gasteiger partial charge in [0.25, 0.3) is 0 Å². The van der Waals surface area contributed by atoms with Crippen molar-refractivity contribution in [1.82, 2.24) is 4.90 Å². The Balaban J connectivity index is 1.96. The van der Waals surface area contributed by atoms with Crippen LogP contribution in [0.4, 0.5) is 5.69 Å². The second-order valence-electron chi connectivity index (χ2n) is 6.88. The molecule has 1 aliphatic carbocycles. The highest BCUT2D eigenvalue weighted by molar-refractivity contribution is 5.51. The molecule has 1 aromatic rings. The number of hydrogen-bond donors (Lipinski definition) is 1. The molecule has 1 aromatic carbocycles. The first kappa shape index (κ1) is 15.2. The van der Waals surface area contributed by atoms with E-state index in [4.69, 9.17) is 10.5 Å². The van der Waals surface area contributed by atoms with Crippen LogP contribution in [0.15, 0.2) is 18.2 Å². The van der Waals surface area contributed by atoms with Crippen LogP contribution in [0.25, 0.3) is 0 Å². The monoisotopic (exact) mass is 276 g/mol. The summed E-state index contributed by atoms with van der Waals surface area (Å²) in [7, 11) is 3.89. The fraction of sp³-hybridized carbons (Fsp3) is 0.647. The van der Waals surface area contributed by atoms with Crippen LogP contribution in [0.5, 0.6) is 5.75 Å². The molecule has 112 valence electrons. The van der Waals surface area contributed by atoms with E-state index in [0.29, 0.717) is 11.5 Å². The summed E-state index contributed by atoms with van der Waals surface area (Å²) in [6, 6.07) is 6.67. The van der Waals surface area contributed by atoms with E-state index in [-0.39, 0.29) is 0 Å². The summed E-state index contributed by atoms with van der Waals surface area (Å²) in [5, 5.41) is 0. The van der Waals surface area contributed by atoms with Gasteiger partial charge in [-0.15, -0.1) is 0 Å². The van der Waals surface area contributed by atoms with Crippen LogP contribution in [-0.4, -0.2) is 25.1 Å². The van der Waals surface area contributed by atoms with Gasteiger partial charge in [-0.1, -0.05) is 19.9 Å². The topological polar surface area (TPSA) is 38.5 Å². The Morgan fingerprint density at radius 1 is 1.30 bits per heavy atom. The molecule has 0 atom stereocenters. The molecule has 1 fully saturated rings. The highest BCUT2D eigenvalue weighted by atomic mass is 16.5. The largest absolute Gasteiger partial charge is 0.497 e. The number of methoxy groups -OCH3 is 1. The van der Waals surface area contributed by atoms with E-state index in [1.807, 2.05) is 12.1 Å². The van der Waals surface area contributed by atoms with E-state index in [9.17, 15) is 0 Å². The van der Waals surface area contributed by atoms with Crippen molar-refractivity contribution in [2.45, 2.75) is 52.1 Å². The van der Waals surface area contributed by atoms with Gasteiger partial charge in [0, 0.05) is 24.3 Å². The Morgan fingerprint density at radius 2 is 1.95 bits per heavy atom. The second-order valence-corrected chi connectivity index (χ2v) is 6.88. The maximum absolute atomic E-state index is 6.11. The molecule has 0 radical (unpaired) electrons. The van der Waals surface area contributed by atoms with Crippen molar-refractivity contribution in [2.75, 3.05) is 19.9 Å². The SMILES string of the molecule is COc1ccc(CN(C)C2CCC(C)(C)CC2)c(N)c1. The molecule has 0 unspecified atom stereocenters. The summed E-state index contributed by atoms with van der Waals surface area (Å²) in [4.78, 5) is 2.45. The number of nitrogen functional groups attached to an aromatic ring is 1. The van der Waals surface area contributed by atoms with E-state index in [1.54, 1.807) is 7.11 Å². The summed E-state index contributed by atoms with van der Waals surface area (Å²) < 4.78 is 5.20. The lowest BCUT2D eigenvalue weighted by Crippen LogP contribution is -2.36. The molecule has 0 aromatic heterocycles. The predicted octanol–water partition coefficient (Wildman–Crippen LogP) is 3.68. The second kappa shape index (κ2) is 6.04. The zero-order chi connectivity index (χ0) is 14.8. The van der Waals surface area contributed by atoms with Gasteiger partial charge in [-0.25, -0.2) is 0 Å². The molecule has 0 bridgehead atoms. The van der Waals surface area contributed by atoms with Gasteiger partial charge in [-0.2, -0.15) is 0 Å². The first-order chi connectivity index (χ1) is 9.41. The van der Waals surface area contributed by atoms with Crippen molar-refractivity contribution in [2.24, 2.45) is 5.41 Å². The molecule has 1 saturated carbocycles. The van der Waals surface area contributed by atoms with Gasteiger partial charge in [0.15, 0.2) is 0 Å². The minimum Gasteiger partial charge on any atom is -0.497 e. The third-order valence-electron chi connectivity index (χ3n) is 4.70. The van der Waals surface area contributed by atoms with Crippen LogP contribution < -0.4 is 10.5 Å². The standard InChI is InChI=1S/C17H28N2O/c1-17(2)9-7-14(8-10-17)19(3)12-13-5-6-15(20-4)11-16(13)18/h5-6,11,14H,7-10,12,18H2,1-4H3. The first-order valence-electron chi connectivity index (χ1n) is 7.54. The smallest absolute Gasteiger partial charge is 0.120 e. The van der Waals surface area contributed by atoms with Crippen LogP contribution in [0, 0.1) is 5.41 Å². The number of anilines is 1. The summed E-state index contributed by atoms with van der Waals surface area (Å²) in [5.74, 6) is 0.827. The summed E-state index contributed by atoms with van der Waals surface area (Å²) in [5.41, 5.74) is 8.65. The zero-order valence-electron chi connectivity index (χ0n) is 13.3. The van der Waals surface area contributed by atoms with E-state index in [2.05, 4.69) is 31.9 Å². The highest BCUT2D eigenvalue weighted by Gasteiger charge is 2.28. The third kappa shape index (κ3) is 3.66. The zero-order valence-corrected chi connectivity index (χ0v) is 13.3. The Hall–Kier alpha value is -1.22. The lowest BCUT2D eigenvalue weighted by atomic mass is 9.75. The van der Waals surface area contributed by atoms with Gasteiger partial charge in [-0.05, 0) is 49.8 Å². The molecule has 1 aliphatic rings. The van der Waals surface area contributed by atoms with E-state index in [0.717, 1.165) is 18.0 Å². The molecule has 20 heavy (non-hydrogen) atoms. The minimum absolute atomic E-state index is 0.524. The van der Waals surface area contributed by atoms with Crippen molar-refractivity contribution in [3.05, 3.63) is 23.8 Å². The maximum atomic E-state index is 6.11. The molecule has 3 heteroatoms. The Bertz CT molecular complexity index is 446. The Morgan fingerprint density at radius 3 is 2.50 bits per heavy atom. The lowest BCUT2D eigenvalue weighted by Gasteiger charge is -2.38. The number of rotatable bonds is 4. The molecule has 0 aliphatic heterocycles. The average Bonchev–Trinajstić information content (AvgIpc) is 2.40. The van der Waals surface area contributed by atoms with Crippen molar-refractivity contribution in [3.8, 4) is 5.75 Å². The van der Waals surface area contributed by atoms with Crippen molar-refractivity contribution >= 4 is 5.69 Å². The third-order valence-corrected chi connectivity index (χ3v) is 4.70. The molecule has 2 rings (SSSR count). The number of ether oxygens (including phenoxy) is 1. The van der Waals surface area contributed by atoms with E-state index in [1.165, 1.54) is 31.2 Å². The predicted molar refractivity (Wildman–Crippen MR) is 84.9 cm³/mol. The molecule has 0 heterocycles. The van der Waals surface area contributed by atoms with Gasteiger partial charge >= 0.3 is 0 Å². The van der Waals surface area contributed by atoms with Crippen molar-refractivity contribution < 1.29 is 4.74 Å². The quantitative estimate of drug-likeness (QED) is 0.853. The molecule has 0 saturated heterocycles. The number of nitrogens with two attached hydrogens (primary N) is 1. The summed E-state index contributed by atoms with van der Waals surface area (Å²) in [6.07, 6.45) is 5.22. The Kier molecular flexibility index (Phi) is 4.59. The van der Waals surface area contributed by atoms with Gasteiger partial charge in [0.05, 0.1) is 7.11 Å². The summed E-state index contributed by atoms with van der Waals surface area (Å²) in [6.45, 7) is 5.68. The molecule has 0 amide bonds. The van der Waals surface area contributed by atoms with Crippen LogP contribution in [0.3, 0.4) is 0 Å². The van der Waals surface area contributed by atoms with E-state index < -0.39 is 0 Å². The molecular formula is C17H28N2O. The summed E-state index contributed by atoms with van der Waals surface area (Å²) >= 11 is 0. The molecule has 2 N–H and O–H groups in total. The minimum atomic E-state index is 0.524. The van der Waals surface area contributed by atoms with Crippen LogP contribution in [0.1, 0.15) is 45.1 Å². The Labute approximate surface area is 123 Å². The lowest BCUT2D eigenvalue weighted by molar-refractivity contribution is 0.123. The van der Waals surface area contributed by atoms with Gasteiger partial charge in [0.2, 0.25) is 0 Å². The van der Waals surface area contributed by atoms with E-state index >= 15 is 0 Å². The highest BCUT2D eigenvalue weighted by Crippen LogP contribution is 2.37. The van der Waals surface area contributed by atoms with Crippen LogP contribution in [-0.2, 0) is 6.54 Å². The van der Waals surface area contributed by atoms with Crippen LogP contribution in [0.2, 0.25) is 0 Å². The van der Waals surface area contributed by atoms with Crippen molar-refractivity contribution in [1.29, 1.82) is 0 Å². The average molecular weight is 276 g/mol. The van der Waals surface area contributed by atoms with Crippen LogP contribution >= 0.6 is 0 Å². The number of benzene rings is 1. The normalized spacial score (nSPS) is 19.2. The van der Waals surface area contributed by atoms with Gasteiger partial charge in [-0.3, -0.25) is 4.90 Å². The van der Waals surface area contributed by atoms with Gasteiger partial charge in [0.1, 0.15) is 5.75 Å². The van der Waals surface area contributed by atoms with Crippen molar-refractivity contribution in [3.63, 3.8) is 0 Å². The molecular weight excluding hydrogens is 248 g/mol.